The molecule has 1 amide bonds. The van der Waals surface area contributed by atoms with Gasteiger partial charge in [0.15, 0.2) is 14.0 Å². The number of benzene rings is 1. The van der Waals surface area contributed by atoms with Gasteiger partial charge in [0, 0.05) is 62.6 Å². The molecule has 14 heteroatoms. The number of nitrogens with zero attached hydrogens (tertiary/aromatic N) is 6. The van der Waals surface area contributed by atoms with Crippen molar-refractivity contribution in [2.75, 3.05) is 11.5 Å². The van der Waals surface area contributed by atoms with E-state index in [0.717, 1.165) is 76.4 Å². The SMILES string of the molecule is Cn1nc2ccc(-c3cn(COCC[Si](C)(C)C)c4nc(N5C6CCC5CC(NC(=O)OC(C)(C)C)C6)cnc34)c(Cl)c2c1CO[Si](C)(C)C(C)(C)C. The monoisotopic (exact) mass is 781 g/mol. The standard InChI is InChI=1S/C39H60ClN7O4Si2/c1-38(2,3)51-37(48)42-25-19-26-13-14-27(20-25)47(26)32-21-41-35-29(22-46(36(35)43-32)24-49-17-18-52(8,9)10)28-15-16-30-33(34(28)40)31(45(7)44-30)23-50-53(11,12)39(4,5)6/h15-16,21-22,25-27H,13-14,17-20,23-24H2,1-12H3,(H,42,48). The number of piperidine rings is 1. The predicted octanol–water partition coefficient (Wildman–Crippen LogP) is 9.50. The minimum Gasteiger partial charge on any atom is -0.444 e. The van der Waals surface area contributed by atoms with Crippen molar-refractivity contribution >= 4 is 62.0 Å². The van der Waals surface area contributed by atoms with Crippen molar-refractivity contribution in [3.63, 3.8) is 0 Å². The van der Waals surface area contributed by atoms with Crippen molar-refractivity contribution in [3.05, 3.63) is 35.2 Å². The van der Waals surface area contributed by atoms with Gasteiger partial charge < -0.3 is 28.7 Å². The summed E-state index contributed by atoms with van der Waals surface area (Å²) in [5.41, 5.74) is 4.59. The van der Waals surface area contributed by atoms with Gasteiger partial charge in [0.1, 0.15) is 23.7 Å². The van der Waals surface area contributed by atoms with Crippen molar-refractivity contribution in [1.29, 1.82) is 0 Å². The third-order valence-electron chi connectivity index (χ3n) is 11.2. The highest BCUT2D eigenvalue weighted by Crippen LogP contribution is 2.43. The van der Waals surface area contributed by atoms with Crippen LogP contribution >= 0.6 is 11.6 Å². The number of amides is 1. The first-order valence-electron chi connectivity index (χ1n) is 19.1. The molecule has 0 spiro atoms. The number of halogens is 1. The average molecular weight is 783 g/mol. The Morgan fingerprint density at radius 3 is 2.32 bits per heavy atom. The van der Waals surface area contributed by atoms with E-state index in [1.807, 2.05) is 50.8 Å². The minimum absolute atomic E-state index is 0.0622. The lowest BCUT2D eigenvalue weighted by molar-refractivity contribution is 0.0492. The van der Waals surface area contributed by atoms with Gasteiger partial charge in [0.05, 0.1) is 29.0 Å². The Balaban J connectivity index is 1.34. The molecule has 53 heavy (non-hydrogen) atoms. The van der Waals surface area contributed by atoms with Gasteiger partial charge in [0.25, 0.3) is 0 Å². The van der Waals surface area contributed by atoms with Crippen LogP contribution in [-0.2, 0) is 34.3 Å². The number of hydrogen-bond donors (Lipinski definition) is 1. The summed E-state index contributed by atoms with van der Waals surface area (Å²) in [5, 5.41) is 9.56. The maximum absolute atomic E-state index is 12.6. The fourth-order valence-corrected chi connectivity index (χ4v) is 9.35. The maximum atomic E-state index is 12.6. The fraction of sp³-hybridized carbons (Fsp3) is 0.641. The van der Waals surface area contributed by atoms with Crippen LogP contribution in [0.5, 0.6) is 0 Å². The molecule has 2 atom stereocenters. The molecule has 2 unspecified atom stereocenters. The molecular weight excluding hydrogens is 722 g/mol. The normalized spacial score (nSPS) is 19.8. The van der Waals surface area contributed by atoms with Crippen LogP contribution in [0, 0.1) is 0 Å². The van der Waals surface area contributed by atoms with Crippen LogP contribution in [0.2, 0.25) is 48.8 Å². The van der Waals surface area contributed by atoms with Crippen LogP contribution in [0.15, 0.2) is 24.5 Å². The van der Waals surface area contributed by atoms with Crippen LogP contribution in [0.1, 0.15) is 72.9 Å². The highest BCUT2D eigenvalue weighted by molar-refractivity contribution is 6.76. The number of alkyl carbamates (subject to hydrolysis) is 1. The Morgan fingerprint density at radius 1 is 1.02 bits per heavy atom. The number of aryl methyl sites for hydroxylation is 1. The molecule has 1 N–H and O–H groups in total. The topological polar surface area (TPSA) is 109 Å². The van der Waals surface area contributed by atoms with Crippen molar-refractivity contribution in [1.82, 2.24) is 29.6 Å². The molecular formula is C39H60ClN7O4Si2. The molecule has 1 aromatic carbocycles. The second kappa shape index (κ2) is 14.6. The van der Waals surface area contributed by atoms with Crippen LogP contribution in [0.3, 0.4) is 0 Å². The van der Waals surface area contributed by atoms with Gasteiger partial charge >= 0.3 is 6.09 Å². The molecule has 0 aliphatic carbocycles. The lowest BCUT2D eigenvalue weighted by atomic mass is 9.97. The molecule has 290 valence electrons. The number of carbonyl (C=O) groups is 1. The molecule has 0 radical (unpaired) electrons. The van der Waals surface area contributed by atoms with Crippen LogP contribution in [0.4, 0.5) is 10.6 Å². The lowest BCUT2D eigenvalue weighted by Gasteiger charge is -2.39. The number of anilines is 1. The zero-order valence-corrected chi connectivity index (χ0v) is 36.6. The van der Waals surface area contributed by atoms with E-state index in [0.29, 0.717) is 25.0 Å². The van der Waals surface area contributed by atoms with Gasteiger partial charge in [-0.15, -0.1) is 0 Å². The predicted molar refractivity (Wildman–Crippen MR) is 220 cm³/mol. The molecule has 2 aliphatic heterocycles. The molecule has 2 aliphatic rings. The number of carbonyl (C=O) groups excluding carboxylic acids is 1. The third kappa shape index (κ3) is 8.64. The number of hydrogen-bond acceptors (Lipinski definition) is 8. The van der Waals surface area contributed by atoms with Crippen LogP contribution in [0.25, 0.3) is 33.2 Å². The van der Waals surface area contributed by atoms with Gasteiger partial charge in [-0.25, -0.2) is 14.8 Å². The Bertz CT molecular complexity index is 1960. The maximum Gasteiger partial charge on any atom is 0.407 e. The van der Waals surface area contributed by atoms with Gasteiger partial charge in [-0.3, -0.25) is 4.68 Å². The summed E-state index contributed by atoms with van der Waals surface area (Å²) in [5.74, 6) is 0.854. The summed E-state index contributed by atoms with van der Waals surface area (Å²) in [6.45, 7) is 25.5. The first-order valence-corrected chi connectivity index (χ1v) is 26.1. The molecule has 2 fully saturated rings. The number of ether oxygens (including phenoxy) is 2. The average Bonchev–Trinajstić information content (AvgIpc) is 3.64. The molecule has 6 rings (SSSR count). The first kappa shape index (κ1) is 39.7. The summed E-state index contributed by atoms with van der Waals surface area (Å²) >= 11 is 7.38. The largest absolute Gasteiger partial charge is 0.444 e. The van der Waals surface area contributed by atoms with Crippen molar-refractivity contribution in [3.8, 4) is 11.1 Å². The summed E-state index contributed by atoms with van der Waals surface area (Å²) in [6.07, 6.45) is 7.41. The van der Waals surface area contributed by atoms with E-state index in [-0.39, 0.29) is 29.3 Å². The molecule has 0 saturated carbocycles. The Morgan fingerprint density at radius 2 is 1.70 bits per heavy atom. The molecule has 11 nitrogen and oxygen atoms in total. The fourth-order valence-electron chi connectivity index (χ4n) is 7.29. The number of aromatic nitrogens is 5. The van der Waals surface area contributed by atoms with Gasteiger partial charge in [-0.1, -0.05) is 58.1 Å². The van der Waals surface area contributed by atoms with E-state index in [9.17, 15) is 4.79 Å². The van der Waals surface area contributed by atoms with Crippen LogP contribution in [-0.4, -0.2) is 77.1 Å². The third-order valence-corrected chi connectivity index (χ3v) is 17.8. The number of rotatable bonds is 11. The summed E-state index contributed by atoms with van der Waals surface area (Å²) in [4.78, 5) is 25.4. The van der Waals surface area contributed by atoms with E-state index >= 15 is 0 Å². The summed E-state index contributed by atoms with van der Waals surface area (Å²) < 4.78 is 22.5. The highest BCUT2D eigenvalue weighted by Gasteiger charge is 2.43. The second-order valence-corrected chi connectivity index (χ2v) is 29.6. The first-order chi connectivity index (χ1) is 24.6. The van der Waals surface area contributed by atoms with E-state index in [1.165, 1.54) is 0 Å². The lowest BCUT2D eigenvalue weighted by Crippen LogP contribution is -2.51. The Labute approximate surface area is 322 Å². The highest BCUT2D eigenvalue weighted by atomic mass is 35.5. The van der Waals surface area contributed by atoms with Crippen molar-refractivity contribution < 1.29 is 18.7 Å². The molecule has 2 saturated heterocycles. The minimum atomic E-state index is -2.02. The number of nitrogens with one attached hydrogen (secondary N) is 1. The zero-order valence-electron chi connectivity index (χ0n) is 33.9. The van der Waals surface area contributed by atoms with E-state index in [1.54, 1.807) is 0 Å². The van der Waals surface area contributed by atoms with E-state index in [2.05, 4.69) is 74.5 Å². The molecule has 2 bridgehead atoms. The van der Waals surface area contributed by atoms with E-state index in [4.69, 9.17) is 40.6 Å². The summed E-state index contributed by atoms with van der Waals surface area (Å²) in [6, 6.07) is 5.73. The van der Waals surface area contributed by atoms with Crippen molar-refractivity contribution in [2.24, 2.45) is 7.05 Å². The molecule has 4 aromatic rings. The van der Waals surface area contributed by atoms with Gasteiger partial charge in [-0.05, 0) is 76.7 Å². The quantitative estimate of drug-likeness (QED) is 0.118. The Hall–Kier alpha value is -2.98. The second-order valence-electron chi connectivity index (χ2n) is 18.8. The Kier molecular flexibility index (Phi) is 10.9. The van der Waals surface area contributed by atoms with Crippen molar-refractivity contribution in [2.45, 2.75) is 148 Å². The van der Waals surface area contributed by atoms with Gasteiger partial charge in [0.2, 0.25) is 0 Å². The van der Waals surface area contributed by atoms with E-state index < -0.39 is 22.0 Å². The number of fused-ring (bicyclic) bond motifs is 4. The zero-order chi connectivity index (χ0) is 38.7. The molecule has 5 heterocycles. The van der Waals surface area contributed by atoms with Gasteiger partial charge in [-0.2, -0.15) is 5.10 Å². The summed E-state index contributed by atoms with van der Waals surface area (Å²) in [7, 11) is -1.33. The molecule has 3 aromatic heterocycles. The van der Waals surface area contributed by atoms with Crippen LogP contribution < -0.4 is 10.2 Å². The smallest absolute Gasteiger partial charge is 0.407 e.